The van der Waals surface area contributed by atoms with Gasteiger partial charge in [-0.3, -0.25) is 0 Å². The summed E-state index contributed by atoms with van der Waals surface area (Å²) in [6, 6.07) is 0. The minimum atomic E-state index is -1.38. The summed E-state index contributed by atoms with van der Waals surface area (Å²) in [5.74, 6) is -0.618. The van der Waals surface area contributed by atoms with Gasteiger partial charge >= 0.3 is 12.1 Å². The SMILES string of the molecule is CCOC(=O)OC1C=C[C@@]2(O)CC(C(=O)OCC)=NO[C@H]2C1. The van der Waals surface area contributed by atoms with Crippen molar-refractivity contribution in [2.75, 3.05) is 13.2 Å². The predicted octanol–water partition coefficient (Wildman–Crippen LogP) is 0.927. The fourth-order valence-corrected chi connectivity index (χ4v) is 2.30. The number of hydrogen-bond acceptors (Lipinski definition) is 8. The Hall–Kier alpha value is -2.09. The quantitative estimate of drug-likeness (QED) is 0.608. The number of nitrogens with zero attached hydrogens (tertiary/aromatic N) is 1. The molecule has 0 radical (unpaired) electrons. The van der Waals surface area contributed by atoms with Crippen molar-refractivity contribution >= 4 is 17.8 Å². The highest BCUT2D eigenvalue weighted by atomic mass is 16.7. The van der Waals surface area contributed by atoms with E-state index in [1.165, 1.54) is 6.08 Å². The molecule has 1 unspecified atom stereocenters. The molecule has 0 saturated carbocycles. The van der Waals surface area contributed by atoms with Gasteiger partial charge in [0, 0.05) is 12.8 Å². The van der Waals surface area contributed by atoms with Gasteiger partial charge in [0.25, 0.3) is 0 Å². The minimum absolute atomic E-state index is 0.0148. The van der Waals surface area contributed by atoms with E-state index < -0.39 is 29.9 Å². The van der Waals surface area contributed by atoms with E-state index in [-0.39, 0.29) is 31.8 Å². The summed E-state index contributed by atoms with van der Waals surface area (Å²) in [7, 11) is 0. The maximum Gasteiger partial charge on any atom is 0.508 e. The van der Waals surface area contributed by atoms with Crippen molar-refractivity contribution in [3.8, 4) is 0 Å². The molecule has 0 aromatic rings. The molecule has 0 amide bonds. The number of rotatable bonds is 4. The van der Waals surface area contributed by atoms with E-state index in [0.29, 0.717) is 0 Å². The summed E-state index contributed by atoms with van der Waals surface area (Å²) in [5, 5.41) is 14.3. The van der Waals surface area contributed by atoms with Gasteiger partial charge in [-0.25, -0.2) is 9.59 Å². The van der Waals surface area contributed by atoms with Crippen LogP contribution in [-0.4, -0.2) is 54.0 Å². The molecule has 8 heteroatoms. The maximum atomic E-state index is 11.6. The zero-order valence-electron chi connectivity index (χ0n) is 12.5. The molecule has 1 heterocycles. The van der Waals surface area contributed by atoms with E-state index in [4.69, 9.17) is 19.0 Å². The molecule has 0 saturated heterocycles. The third-order valence-electron chi connectivity index (χ3n) is 3.37. The molecule has 0 aromatic heterocycles. The van der Waals surface area contributed by atoms with Crippen molar-refractivity contribution in [2.45, 2.75) is 44.5 Å². The molecule has 1 N–H and O–H groups in total. The van der Waals surface area contributed by atoms with Gasteiger partial charge < -0.3 is 24.2 Å². The van der Waals surface area contributed by atoms with Crippen molar-refractivity contribution < 1.29 is 33.7 Å². The molecule has 122 valence electrons. The number of carbonyl (C=O) groups is 2. The highest BCUT2D eigenvalue weighted by Crippen LogP contribution is 2.33. The Morgan fingerprint density at radius 1 is 1.41 bits per heavy atom. The smallest absolute Gasteiger partial charge is 0.461 e. The van der Waals surface area contributed by atoms with Gasteiger partial charge in [-0.05, 0) is 26.0 Å². The lowest BCUT2D eigenvalue weighted by atomic mass is 9.82. The lowest BCUT2D eigenvalue weighted by Crippen LogP contribution is -2.51. The fraction of sp³-hybridized carbons (Fsp3) is 0.643. The Morgan fingerprint density at radius 2 is 2.14 bits per heavy atom. The maximum absolute atomic E-state index is 11.6. The van der Waals surface area contributed by atoms with E-state index in [9.17, 15) is 14.7 Å². The fourth-order valence-electron chi connectivity index (χ4n) is 2.30. The van der Waals surface area contributed by atoms with Crippen LogP contribution in [0.15, 0.2) is 17.3 Å². The second kappa shape index (κ2) is 6.78. The van der Waals surface area contributed by atoms with E-state index in [0.717, 1.165) is 0 Å². The normalized spacial score (nSPS) is 29.7. The standard InChI is InChI=1S/C14H19NO7/c1-3-19-12(16)10-8-14(18)6-5-9(7-11(14)22-15-10)21-13(17)20-4-2/h5-6,9,11,18H,3-4,7-8H2,1-2H3/t9?,11-,14+/m0/s1. The summed E-state index contributed by atoms with van der Waals surface area (Å²) in [5.41, 5.74) is -1.35. The summed E-state index contributed by atoms with van der Waals surface area (Å²) in [6.07, 6.45) is 1.13. The van der Waals surface area contributed by atoms with Crippen molar-refractivity contribution in [2.24, 2.45) is 5.16 Å². The summed E-state index contributed by atoms with van der Waals surface area (Å²) < 4.78 is 14.6. The van der Waals surface area contributed by atoms with Gasteiger partial charge in [-0.2, -0.15) is 0 Å². The molecule has 8 nitrogen and oxygen atoms in total. The molecule has 0 bridgehead atoms. The predicted molar refractivity (Wildman–Crippen MR) is 74.2 cm³/mol. The minimum Gasteiger partial charge on any atom is -0.461 e. The molecule has 0 spiro atoms. The number of oxime groups is 1. The van der Waals surface area contributed by atoms with Crippen LogP contribution >= 0.6 is 0 Å². The second-order valence-electron chi connectivity index (χ2n) is 4.95. The van der Waals surface area contributed by atoms with Crippen molar-refractivity contribution in [3.05, 3.63) is 12.2 Å². The Balaban J connectivity index is 2.01. The lowest BCUT2D eigenvalue weighted by molar-refractivity contribution is -0.139. The van der Waals surface area contributed by atoms with Gasteiger partial charge in [-0.1, -0.05) is 5.16 Å². The van der Waals surface area contributed by atoms with E-state index >= 15 is 0 Å². The van der Waals surface area contributed by atoms with Crippen LogP contribution in [0.1, 0.15) is 26.7 Å². The Morgan fingerprint density at radius 3 is 2.82 bits per heavy atom. The monoisotopic (exact) mass is 313 g/mol. The first-order valence-corrected chi connectivity index (χ1v) is 7.13. The van der Waals surface area contributed by atoms with Gasteiger partial charge in [0.15, 0.2) is 11.8 Å². The Labute approximate surface area is 127 Å². The molecular weight excluding hydrogens is 294 g/mol. The molecule has 2 rings (SSSR count). The first-order valence-electron chi connectivity index (χ1n) is 7.13. The van der Waals surface area contributed by atoms with Crippen LogP contribution in [0.2, 0.25) is 0 Å². The zero-order chi connectivity index (χ0) is 16.2. The topological polar surface area (TPSA) is 104 Å². The average Bonchev–Trinajstić information content (AvgIpc) is 2.47. The Kier molecular flexibility index (Phi) is 5.02. The van der Waals surface area contributed by atoms with Crippen LogP contribution in [0.3, 0.4) is 0 Å². The van der Waals surface area contributed by atoms with E-state index in [1.54, 1.807) is 19.9 Å². The largest absolute Gasteiger partial charge is 0.508 e. The molecule has 2 aliphatic rings. The van der Waals surface area contributed by atoms with Crippen molar-refractivity contribution in [1.29, 1.82) is 0 Å². The number of esters is 1. The van der Waals surface area contributed by atoms with Crippen molar-refractivity contribution in [1.82, 2.24) is 0 Å². The second-order valence-corrected chi connectivity index (χ2v) is 4.95. The van der Waals surface area contributed by atoms with E-state index in [2.05, 4.69) is 5.16 Å². The van der Waals surface area contributed by atoms with Crippen LogP contribution in [-0.2, 0) is 23.8 Å². The molecule has 0 aromatic carbocycles. The number of fused-ring (bicyclic) bond motifs is 1. The number of aliphatic hydroxyl groups is 1. The highest BCUT2D eigenvalue weighted by Gasteiger charge is 2.46. The van der Waals surface area contributed by atoms with Crippen molar-refractivity contribution in [3.63, 3.8) is 0 Å². The molecule has 1 aliphatic carbocycles. The zero-order valence-corrected chi connectivity index (χ0v) is 12.5. The third kappa shape index (κ3) is 3.56. The van der Waals surface area contributed by atoms with Gasteiger partial charge in [0.05, 0.1) is 13.2 Å². The lowest BCUT2D eigenvalue weighted by Gasteiger charge is -2.39. The summed E-state index contributed by atoms with van der Waals surface area (Å²) in [6.45, 7) is 3.78. The van der Waals surface area contributed by atoms with Crippen LogP contribution < -0.4 is 0 Å². The van der Waals surface area contributed by atoms with Gasteiger partial charge in [0.1, 0.15) is 11.7 Å². The molecule has 22 heavy (non-hydrogen) atoms. The van der Waals surface area contributed by atoms with Crippen LogP contribution in [0.25, 0.3) is 0 Å². The third-order valence-corrected chi connectivity index (χ3v) is 3.37. The number of carbonyl (C=O) groups excluding carboxylic acids is 2. The molecule has 1 aliphatic heterocycles. The van der Waals surface area contributed by atoms with Crippen LogP contribution in [0.5, 0.6) is 0 Å². The first-order chi connectivity index (χ1) is 10.5. The van der Waals surface area contributed by atoms with Gasteiger partial charge in [0.2, 0.25) is 0 Å². The average molecular weight is 313 g/mol. The van der Waals surface area contributed by atoms with Crippen LogP contribution in [0, 0.1) is 0 Å². The molecular formula is C14H19NO7. The van der Waals surface area contributed by atoms with Gasteiger partial charge in [-0.15, -0.1) is 0 Å². The first kappa shape index (κ1) is 16.3. The number of ether oxygens (including phenoxy) is 3. The molecule has 0 fully saturated rings. The Bertz CT molecular complexity index is 501. The highest BCUT2D eigenvalue weighted by molar-refractivity contribution is 6.36. The van der Waals surface area contributed by atoms with Crippen LogP contribution in [0.4, 0.5) is 4.79 Å². The molecule has 3 atom stereocenters. The summed E-state index contributed by atoms with van der Waals surface area (Å²) in [4.78, 5) is 28.1. The summed E-state index contributed by atoms with van der Waals surface area (Å²) >= 11 is 0. The number of hydrogen-bond donors (Lipinski definition) is 1. The van der Waals surface area contributed by atoms with E-state index in [1.807, 2.05) is 0 Å².